The Kier molecular flexibility index (Phi) is 2.59. The second-order valence-electron chi connectivity index (χ2n) is 4.23. The monoisotopic (exact) mass is 255 g/mol. The molecule has 0 unspecified atom stereocenters. The minimum Gasteiger partial charge on any atom is -0.298 e. The van der Waals surface area contributed by atoms with Crippen LogP contribution in [0.3, 0.4) is 0 Å². The topological polar surface area (TPSA) is 47.8 Å². The number of aromatic nitrogens is 3. The molecule has 3 rings (SSSR count). The van der Waals surface area contributed by atoms with Crippen LogP contribution in [0.4, 0.5) is 4.39 Å². The van der Waals surface area contributed by atoms with E-state index in [1.54, 1.807) is 22.9 Å². The lowest BCUT2D eigenvalue weighted by atomic mass is 10.2. The highest BCUT2D eigenvalue weighted by atomic mass is 19.1. The molecule has 0 amide bonds. The zero-order valence-corrected chi connectivity index (χ0v) is 10.2. The van der Waals surface area contributed by atoms with Crippen LogP contribution < -0.4 is 0 Å². The lowest BCUT2D eigenvalue weighted by Gasteiger charge is -2.02. The van der Waals surface area contributed by atoms with Crippen molar-refractivity contribution in [2.24, 2.45) is 0 Å². The summed E-state index contributed by atoms with van der Waals surface area (Å²) in [6, 6.07) is 7.76. The Bertz CT molecular complexity index is 762. The van der Waals surface area contributed by atoms with E-state index >= 15 is 0 Å². The van der Waals surface area contributed by atoms with Gasteiger partial charge in [0.2, 0.25) is 0 Å². The minimum atomic E-state index is -0.298. The number of rotatable bonds is 2. The van der Waals surface area contributed by atoms with Crippen LogP contribution in [0.25, 0.3) is 16.7 Å². The number of halogens is 1. The number of hydrogen-bond donors (Lipinski definition) is 0. The van der Waals surface area contributed by atoms with Gasteiger partial charge in [-0.2, -0.15) is 5.10 Å². The highest BCUT2D eigenvalue weighted by Crippen LogP contribution is 2.20. The minimum absolute atomic E-state index is 0.298. The van der Waals surface area contributed by atoms with Crippen molar-refractivity contribution >= 4 is 17.3 Å². The van der Waals surface area contributed by atoms with Gasteiger partial charge in [0.05, 0.1) is 11.4 Å². The van der Waals surface area contributed by atoms with E-state index in [0.717, 1.165) is 23.1 Å². The fourth-order valence-corrected chi connectivity index (χ4v) is 1.99. The molecule has 0 atom stereocenters. The van der Waals surface area contributed by atoms with Gasteiger partial charge in [0.15, 0.2) is 11.9 Å². The van der Waals surface area contributed by atoms with E-state index in [2.05, 4.69) is 10.1 Å². The number of pyridine rings is 1. The predicted molar refractivity (Wildman–Crippen MR) is 68.9 cm³/mol. The van der Waals surface area contributed by atoms with Crippen LogP contribution in [0, 0.1) is 12.7 Å². The highest BCUT2D eigenvalue weighted by Gasteiger charge is 2.10. The van der Waals surface area contributed by atoms with Gasteiger partial charge in [-0.25, -0.2) is 14.1 Å². The number of carbonyl (C=O) groups excluding carboxylic acids is 1. The molecule has 0 bridgehead atoms. The molecule has 0 aliphatic carbocycles. The van der Waals surface area contributed by atoms with Crippen molar-refractivity contribution in [1.29, 1.82) is 0 Å². The van der Waals surface area contributed by atoms with Crippen molar-refractivity contribution in [3.8, 4) is 5.69 Å². The van der Waals surface area contributed by atoms with Crippen LogP contribution in [0.2, 0.25) is 0 Å². The largest absolute Gasteiger partial charge is 0.298 e. The summed E-state index contributed by atoms with van der Waals surface area (Å²) in [6.07, 6.45) is 2.25. The molecule has 2 aromatic heterocycles. The van der Waals surface area contributed by atoms with Gasteiger partial charge >= 0.3 is 0 Å². The molecule has 0 saturated carbocycles. The number of aldehydes is 1. The third-order valence-corrected chi connectivity index (χ3v) is 2.94. The average molecular weight is 255 g/mol. The summed E-state index contributed by atoms with van der Waals surface area (Å²) >= 11 is 0. The SMILES string of the molecule is Cc1nn(-c2ccc(F)cc2)c2ncc(C=O)cc12. The molecule has 0 aliphatic heterocycles. The molecule has 0 saturated heterocycles. The van der Waals surface area contributed by atoms with Gasteiger partial charge in [-0.3, -0.25) is 4.79 Å². The van der Waals surface area contributed by atoms with E-state index in [1.807, 2.05) is 6.92 Å². The van der Waals surface area contributed by atoms with E-state index in [0.29, 0.717) is 11.2 Å². The van der Waals surface area contributed by atoms with Gasteiger partial charge in [-0.15, -0.1) is 0 Å². The lowest BCUT2D eigenvalue weighted by Crippen LogP contribution is -1.98. The maximum absolute atomic E-state index is 12.9. The highest BCUT2D eigenvalue weighted by molar-refractivity contribution is 5.86. The molecule has 19 heavy (non-hydrogen) atoms. The van der Waals surface area contributed by atoms with E-state index < -0.39 is 0 Å². The molecule has 0 radical (unpaired) electrons. The Morgan fingerprint density at radius 1 is 1.26 bits per heavy atom. The number of aryl methyl sites for hydroxylation is 1. The number of hydrogen-bond acceptors (Lipinski definition) is 3. The quantitative estimate of drug-likeness (QED) is 0.661. The first-order valence-electron chi connectivity index (χ1n) is 5.75. The van der Waals surface area contributed by atoms with E-state index in [-0.39, 0.29) is 5.82 Å². The average Bonchev–Trinajstić information content (AvgIpc) is 2.76. The van der Waals surface area contributed by atoms with Crippen LogP contribution in [-0.4, -0.2) is 21.1 Å². The predicted octanol–water partition coefficient (Wildman–Crippen LogP) is 2.68. The number of nitrogens with zero attached hydrogens (tertiary/aromatic N) is 3. The van der Waals surface area contributed by atoms with Gasteiger partial charge in [-0.05, 0) is 37.3 Å². The number of fused-ring (bicyclic) bond motifs is 1. The molecule has 4 nitrogen and oxygen atoms in total. The molecule has 5 heteroatoms. The Hall–Kier alpha value is -2.56. The standard InChI is InChI=1S/C14H10FN3O/c1-9-13-6-10(8-19)7-16-14(13)18(17-9)12-4-2-11(15)3-5-12/h2-8H,1H3. The van der Waals surface area contributed by atoms with Crippen molar-refractivity contribution < 1.29 is 9.18 Å². The summed E-state index contributed by atoms with van der Waals surface area (Å²) in [5.41, 5.74) is 2.66. The van der Waals surface area contributed by atoms with Gasteiger partial charge in [0, 0.05) is 17.1 Å². The Balaban J connectivity index is 2.25. The third kappa shape index (κ3) is 1.89. The van der Waals surface area contributed by atoms with Crippen molar-refractivity contribution in [2.45, 2.75) is 6.92 Å². The molecule has 0 spiro atoms. The Labute approximate surface area is 108 Å². The summed E-state index contributed by atoms with van der Waals surface area (Å²) in [5.74, 6) is -0.298. The van der Waals surface area contributed by atoms with Crippen LogP contribution in [0.15, 0.2) is 36.5 Å². The summed E-state index contributed by atoms with van der Waals surface area (Å²) in [4.78, 5) is 15.0. The molecule has 2 heterocycles. The molecule has 94 valence electrons. The zero-order valence-electron chi connectivity index (χ0n) is 10.2. The number of carbonyl (C=O) groups is 1. The van der Waals surface area contributed by atoms with Gasteiger partial charge in [0.1, 0.15) is 5.82 Å². The van der Waals surface area contributed by atoms with Gasteiger partial charge < -0.3 is 0 Å². The smallest absolute Gasteiger partial charge is 0.163 e. The van der Waals surface area contributed by atoms with Crippen molar-refractivity contribution in [2.75, 3.05) is 0 Å². The van der Waals surface area contributed by atoms with Crippen LogP contribution in [0.1, 0.15) is 16.1 Å². The van der Waals surface area contributed by atoms with Crippen molar-refractivity contribution in [3.63, 3.8) is 0 Å². The normalized spacial score (nSPS) is 10.8. The van der Waals surface area contributed by atoms with Crippen molar-refractivity contribution in [1.82, 2.24) is 14.8 Å². The first kappa shape index (κ1) is 11.5. The fraction of sp³-hybridized carbons (Fsp3) is 0.0714. The molecule has 0 fully saturated rings. The second-order valence-corrected chi connectivity index (χ2v) is 4.23. The van der Waals surface area contributed by atoms with Gasteiger partial charge in [0.25, 0.3) is 0 Å². The van der Waals surface area contributed by atoms with Crippen LogP contribution >= 0.6 is 0 Å². The molecule has 3 aromatic rings. The van der Waals surface area contributed by atoms with Crippen molar-refractivity contribution in [3.05, 3.63) is 53.6 Å². The lowest BCUT2D eigenvalue weighted by molar-refractivity contribution is 0.112. The fourth-order valence-electron chi connectivity index (χ4n) is 1.99. The summed E-state index contributed by atoms with van der Waals surface area (Å²) < 4.78 is 14.6. The molecule has 0 aliphatic rings. The van der Waals surface area contributed by atoms with E-state index in [4.69, 9.17) is 0 Å². The first-order chi connectivity index (χ1) is 9.19. The maximum Gasteiger partial charge on any atom is 0.163 e. The summed E-state index contributed by atoms with van der Waals surface area (Å²) in [5, 5.41) is 5.19. The number of benzene rings is 1. The van der Waals surface area contributed by atoms with E-state index in [9.17, 15) is 9.18 Å². The maximum atomic E-state index is 12.9. The zero-order chi connectivity index (χ0) is 13.4. The third-order valence-electron chi connectivity index (χ3n) is 2.94. The first-order valence-corrected chi connectivity index (χ1v) is 5.75. The van der Waals surface area contributed by atoms with Crippen LogP contribution in [0.5, 0.6) is 0 Å². The van der Waals surface area contributed by atoms with E-state index in [1.165, 1.54) is 18.3 Å². The Morgan fingerprint density at radius 3 is 2.68 bits per heavy atom. The summed E-state index contributed by atoms with van der Waals surface area (Å²) in [7, 11) is 0. The van der Waals surface area contributed by atoms with Crippen LogP contribution in [-0.2, 0) is 0 Å². The second kappa shape index (κ2) is 4.28. The molecular weight excluding hydrogens is 245 g/mol. The molecule has 0 N–H and O–H groups in total. The molecule has 1 aromatic carbocycles. The Morgan fingerprint density at radius 2 is 2.00 bits per heavy atom. The van der Waals surface area contributed by atoms with Gasteiger partial charge in [-0.1, -0.05) is 0 Å². The molecular formula is C14H10FN3O. The summed E-state index contributed by atoms with van der Waals surface area (Å²) in [6.45, 7) is 1.85.